The number of nitrogens with zero attached hydrogens (tertiary/aromatic N) is 1. The fourth-order valence-corrected chi connectivity index (χ4v) is 2.41. The summed E-state index contributed by atoms with van der Waals surface area (Å²) < 4.78 is 5.43. The number of hydrogen-bond donors (Lipinski definition) is 1. The lowest BCUT2D eigenvalue weighted by Crippen LogP contribution is -2.35. The average molecular weight is 293 g/mol. The number of ether oxygens (including phenoxy) is 1. The van der Waals surface area contributed by atoms with Gasteiger partial charge in [0.05, 0.1) is 12.7 Å². The molecule has 3 nitrogen and oxygen atoms in total. The van der Waals surface area contributed by atoms with Crippen molar-refractivity contribution in [2.45, 2.75) is 59.1 Å². The molecule has 0 bridgehead atoms. The molecular weight excluding hydrogens is 262 g/mol. The second-order valence-electron chi connectivity index (χ2n) is 5.81. The first-order valence-electron chi connectivity index (χ1n) is 8.23. The van der Waals surface area contributed by atoms with Gasteiger partial charge >= 0.3 is 0 Å². The first-order valence-corrected chi connectivity index (χ1v) is 8.23. The van der Waals surface area contributed by atoms with E-state index in [9.17, 15) is 5.11 Å². The molecule has 1 atom stereocenters. The third-order valence-electron chi connectivity index (χ3n) is 3.76. The molecule has 1 rings (SSSR count). The SMILES string of the molecule is CCCCCN(CC(O)c1ccc(OCC)cc1)C(C)C. The maximum Gasteiger partial charge on any atom is 0.119 e. The summed E-state index contributed by atoms with van der Waals surface area (Å²) in [5.41, 5.74) is 0.958. The van der Waals surface area contributed by atoms with Gasteiger partial charge in [-0.1, -0.05) is 31.9 Å². The molecule has 0 aliphatic rings. The Labute approximate surface area is 129 Å². The van der Waals surface area contributed by atoms with Crippen LogP contribution < -0.4 is 4.74 Å². The highest BCUT2D eigenvalue weighted by Gasteiger charge is 2.15. The van der Waals surface area contributed by atoms with Gasteiger partial charge in [0.15, 0.2) is 0 Å². The molecule has 1 aromatic carbocycles. The van der Waals surface area contributed by atoms with Crippen molar-refractivity contribution in [3.8, 4) is 5.75 Å². The highest BCUT2D eigenvalue weighted by Crippen LogP contribution is 2.20. The molecule has 120 valence electrons. The minimum absolute atomic E-state index is 0.440. The van der Waals surface area contributed by atoms with E-state index in [4.69, 9.17) is 4.74 Å². The summed E-state index contributed by atoms with van der Waals surface area (Å²) in [5.74, 6) is 0.858. The number of rotatable bonds is 10. The van der Waals surface area contributed by atoms with E-state index >= 15 is 0 Å². The molecule has 0 saturated carbocycles. The maximum atomic E-state index is 10.4. The Bertz CT molecular complexity index is 375. The monoisotopic (exact) mass is 293 g/mol. The topological polar surface area (TPSA) is 32.7 Å². The molecule has 1 aromatic rings. The number of aliphatic hydroxyl groups is 1. The molecule has 0 aliphatic heterocycles. The smallest absolute Gasteiger partial charge is 0.119 e. The summed E-state index contributed by atoms with van der Waals surface area (Å²) in [7, 11) is 0. The lowest BCUT2D eigenvalue weighted by molar-refractivity contribution is 0.0942. The van der Waals surface area contributed by atoms with Crippen molar-refractivity contribution < 1.29 is 9.84 Å². The molecule has 0 aromatic heterocycles. The molecule has 21 heavy (non-hydrogen) atoms. The predicted octanol–water partition coefficient (Wildman–Crippen LogP) is 4.02. The van der Waals surface area contributed by atoms with Crippen molar-refractivity contribution in [2.75, 3.05) is 19.7 Å². The number of hydrogen-bond acceptors (Lipinski definition) is 3. The molecule has 0 fully saturated rings. The van der Waals surface area contributed by atoms with Gasteiger partial charge in [0, 0.05) is 12.6 Å². The van der Waals surface area contributed by atoms with E-state index in [-0.39, 0.29) is 0 Å². The van der Waals surface area contributed by atoms with Crippen LogP contribution in [0, 0.1) is 0 Å². The standard InChI is InChI=1S/C18H31NO2/c1-5-7-8-13-19(15(3)4)14-18(20)16-9-11-17(12-10-16)21-6-2/h9-12,15,18,20H,5-8,13-14H2,1-4H3. The number of aliphatic hydroxyl groups excluding tert-OH is 1. The van der Waals surface area contributed by atoms with Crippen molar-refractivity contribution in [1.29, 1.82) is 0 Å². The minimum atomic E-state index is -0.440. The first kappa shape index (κ1) is 18.0. The fourth-order valence-electron chi connectivity index (χ4n) is 2.41. The van der Waals surface area contributed by atoms with Gasteiger partial charge in [0.2, 0.25) is 0 Å². The van der Waals surface area contributed by atoms with E-state index < -0.39 is 6.10 Å². The minimum Gasteiger partial charge on any atom is -0.494 e. The van der Waals surface area contributed by atoms with E-state index in [1.54, 1.807) is 0 Å². The third kappa shape index (κ3) is 6.49. The summed E-state index contributed by atoms with van der Waals surface area (Å²) in [4.78, 5) is 2.36. The highest BCUT2D eigenvalue weighted by molar-refractivity contribution is 5.28. The molecule has 1 N–H and O–H groups in total. The Balaban J connectivity index is 2.57. The van der Waals surface area contributed by atoms with Crippen molar-refractivity contribution in [2.24, 2.45) is 0 Å². The van der Waals surface area contributed by atoms with Gasteiger partial charge in [-0.25, -0.2) is 0 Å². The highest BCUT2D eigenvalue weighted by atomic mass is 16.5. The largest absolute Gasteiger partial charge is 0.494 e. The Morgan fingerprint density at radius 3 is 2.29 bits per heavy atom. The van der Waals surface area contributed by atoms with Crippen LogP contribution in [0.2, 0.25) is 0 Å². The summed E-state index contributed by atoms with van der Waals surface area (Å²) in [6.45, 7) is 11.0. The normalized spacial score (nSPS) is 12.9. The summed E-state index contributed by atoms with van der Waals surface area (Å²) in [6.07, 6.45) is 3.24. The van der Waals surface area contributed by atoms with Crippen LogP contribution in [0.1, 0.15) is 58.6 Å². The zero-order valence-electron chi connectivity index (χ0n) is 14.0. The van der Waals surface area contributed by atoms with Crippen LogP contribution in [0.15, 0.2) is 24.3 Å². The first-order chi connectivity index (χ1) is 10.1. The van der Waals surface area contributed by atoms with Crippen LogP contribution in [0.5, 0.6) is 5.75 Å². The molecule has 0 aliphatic carbocycles. The average Bonchev–Trinajstić information content (AvgIpc) is 2.47. The van der Waals surface area contributed by atoms with Gasteiger partial charge < -0.3 is 9.84 Å². The quantitative estimate of drug-likeness (QED) is 0.661. The Kier molecular flexibility index (Phi) is 8.40. The van der Waals surface area contributed by atoms with E-state index in [1.807, 2.05) is 31.2 Å². The second kappa shape index (κ2) is 9.80. The summed E-state index contributed by atoms with van der Waals surface area (Å²) in [5, 5.41) is 10.4. The Morgan fingerprint density at radius 2 is 1.76 bits per heavy atom. The summed E-state index contributed by atoms with van der Waals surface area (Å²) in [6, 6.07) is 8.23. The zero-order valence-corrected chi connectivity index (χ0v) is 14.0. The maximum absolute atomic E-state index is 10.4. The molecule has 0 saturated heterocycles. The van der Waals surface area contributed by atoms with Crippen LogP contribution >= 0.6 is 0 Å². The van der Waals surface area contributed by atoms with Crippen LogP contribution in [-0.4, -0.2) is 35.7 Å². The van der Waals surface area contributed by atoms with E-state index in [2.05, 4.69) is 25.7 Å². The van der Waals surface area contributed by atoms with Crippen molar-refractivity contribution in [3.05, 3.63) is 29.8 Å². The molecular formula is C18H31NO2. The molecule has 0 radical (unpaired) electrons. The van der Waals surface area contributed by atoms with Crippen LogP contribution in [0.25, 0.3) is 0 Å². The Morgan fingerprint density at radius 1 is 1.10 bits per heavy atom. The van der Waals surface area contributed by atoms with Crippen molar-refractivity contribution in [1.82, 2.24) is 4.90 Å². The van der Waals surface area contributed by atoms with Crippen LogP contribution in [0.4, 0.5) is 0 Å². The zero-order chi connectivity index (χ0) is 15.7. The Hall–Kier alpha value is -1.06. The van der Waals surface area contributed by atoms with Gasteiger partial charge in [-0.3, -0.25) is 4.90 Å². The van der Waals surface area contributed by atoms with E-state index in [1.165, 1.54) is 19.3 Å². The molecule has 3 heteroatoms. The van der Waals surface area contributed by atoms with Crippen molar-refractivity contribution in [3.63, 3.8) is 0 Å². The van der Waals surface area contributed by atoms with Gasteiger partial charge in [0.1, 0.15) is 5.75 Å². The molecule has 0 spiro atoms. The molecule has 0 amide bonds. The van der Waals surface area contributed by atoms with E-state index in [0.29, 0.717) is 19.2 Å². The number of unbranched alkanes of at least 4 members (excludes halogenated alkanes) is 2. The van der Waals surface area contributed by atoms with E-state index in [0.717, 1.165) is 17.9 Å². The fraction of sp³-hybridized carbons (Fsp3) is 0.667. The molecule has 0 heterocycles. The van der Waals surface area contributed by atoms with Gasteiger partial charge in [-0.05, 0) is 51.4 Å². The lowest BCUT2D eigenvalue weighted by atomic mass is 10.1. The molecule has 1 unspecified atom stereocenters. The number of benzene rings is 1. The predicted molar refractivity (Wildman–Crippen MR) is 88.8 cm³/mol. The summed E-state index contributed by atoms with van der Waals surface area (Å²) >= 11 is 0. The van der Waals surface area contributed by atoms with Gasteiger partial charge in [0.25, 0.3) is 0 Å². The van der Waals surface area contributed by atoms with Gasteiger partial charge in [-0.2, -0.15) is 0 Å². The second-order valence-corrected chi connectivity index (χ2v) is 5.81. The van der Waals surface area contributed by atoms with Gasteiger partial charge in [-0.15, -0.1) is 0 Å². The third-order valence-corrected chi connectivity index (χ3v) is 3.76. The van der Waals surface area contributed by atoms with Crippen LogP contribution in [-0.2, 0) is 0 Å². The van der Waals surface area contributed by atoms with Crippen molar-refractivity contribution >= 4 is 0 Å². The van der Waals surface area contributed by atoms with Crippen LogP contribution in [0.3, 0.4) is 0 Å². The lowest BCUT2D eigenvalue weighted by Gasteiger charge is -2.29.